The van der Waals surface area contributed by atoms with Gasteiger partial charge in [-0.15, -0.1) is 0 Å². The van der Waals surface area contributed by atoms with Crippen molar-refractivity contribution in [1.82, 2.24) is 20.0 Å². The first-order valence-electron chi connectivity index (χ1n) is 6.56. The number of hydrogen-bond donors (Lipinski definition) is 1. The Labute approximate surface area is 108 Å². The molecule has 1 saturated heterocycles. The summed E-state index contributed by atoms with van der Waals surface area (Å²) in [6, 6.07) is 9.02. The number of likely N-dealkylation sites (N-methyl/N-ethyl adjacent to an activating group) is 1. The van der Waals surface area contributed by atoms with Gasteiger partial charge >= 0.3 is 0 Å². The van der Waals surface area contributed by atoms with E-state index in [1.165, 1.54) is 23.9 Å². The Kier molecular flexibility index (Phi) is 3.06. The lowest BCUT2D eigenvalue weighted by Crippen LogP contribution is -2.31. The highest BCUT2D eigenvalue weighted by atomic mass is 15.3. The van der Waals surface area contributed by atoms with E-state index in [4.69, 9.17) is 0 Å². The number of aryl methyl sites for hydroxylation is 1. The standard InChI is InChI=1S/C14H20N4/c1-17-8-7-11(10-17)15-9-13-12-5-3-4-6-14(12)18(2)16-13/h3-6,11,15H,7-10H2,1-2H3. The second-order valence-electron chi connectivity index (χ2n) is 5.22. The van der Waals surface area contributed by atoms with Gasteiger partial charge in [0.15, 0.2) is 0 Å². The molecule has 1 unspecified atom stereocenters. The highest BCUT2D eigenvalue weighted by molar-refractivity contribution is 5.81. The number of rotatable bonds is 3. The van der Waals surface area contributed by atoms with Crippen LogP contribution in [0.15, 0.2) is 24.3 Å². The number of hydrogen-bond acceptors (Lipinski definition) is 3. The summed E-state index contributed by atoms with van der Waals surface area (Å²) in [4.78, 5) is 2.37. The molecule has 1 aliphatic heterocycles. The smallest absolute Gasteiger partial charge is 0.0841 e. The van der Waals surface area contributed by atoms with E-state index < -0.39 is 0 Å². The Morgan fingerprint density at radius 3 is 2.94 bits per heavy atom. The van der Waals surface area contributed by atoms with E-state index >= 15 is 0 Å². The molecule has 18 heavy (non-hydrogen) atoms. The molecule has 0 aliphatic carbocycles. The molecule has 96 valence electrons. The van der Waals surface area contributed by atoms with Crippen LogP contribution in [0.5, 0.6) is 0 Å². The minimum Gasteiger partial charge on any atom is -0.307 e. The maximum Gasteiger partial charge on any atom is 0.0841 e. The molecule has 4 heteroatoms. The van der Waals surface area contributed by atoms with Crippen LogP contribution < -0.4 is 5.32 Å². The molecule has 0 radical (unpaired) electrons. The number of benzene rings is 1. The third-order valence-corrected chi connectivity index (χ3v) is 3.78. The first-order chi connectivity index (χ1) is 8.74. The summed E-state index contributed by atoms with van der Waals surface area (Å²) in [6.45, 7) is 3.20. The van der Waals surface area contributed by atoms with Crippen molar-refractivity contribution in [3.05, 3.63) is 30.0 Å². The van der Waals surface area contributed by atoms with Crippen molar-refractivity contribution in [1.29, 1.82) is 0 Å². The van der Waals surface area contributed by atoms with Crippen LogP contribution in [0.3, 0.4) is 0 Å². The van der Waals surface area contributed by atoms with E-state index in [-0.39, 0.29) is 0 Å². The monoisotopic (exact) mass is 244 g/mol. The molecule has 0 bridgehead atoms. The number of para-hydroxylation sites is 1. The van der Waals surface area contributed by atoms with Crippen molar-refractivity contribution in [2.24, 2.45) is 7.05 Å². The van der Waals surface area contributed by atoms with Gasteiger partial charge in [0.1, 0.15) is 0 Å². The molecular formula is C14H20N4. The first-order valence-corrected chi connectivity index (χ1v) is 6.56. The minimum absolute atomic E-state index is 0.607. The van der Waals surface area contributed by atoms with Crippen molar-refractivity contribution in [3.63, 3.8) is 0 Å². The van der Waals surface area contributed by atoms with Gasteiger partial charge in [-0.1, -0.05) is 18.2 Å². The number of aromatic nitrogens is 2. The Morgan fingerprint density at radius 2 is 2.17 bits per heavy atom. The molecular weight excluding hydrogens is 224 g/mol. The fraction of sp³-hybridized carbons (Fsp3) is 0.500. The summed E-state index contributed by atoms with van der Waals surface area (Å²) in [5, 5.41) is 9.49. The van der Waals surface area contributed by atoms with Crippen LogP contribution in [0.1, 0.15) is 12.1 Å². The fourth-order valence-electron chi connectivity index (χ4n) is 2.76. The Balaban J connectivity index is 1.75. The SMILES string of the molecule is CN1CCC(NCc2nn(C)c3ccccc23)C1. The number of nitrogens with zero attached hydrogens (tertiary/aromatic N) is 3. The van der Waals surface area contributed by atoms with E-state index in [1.807, 2.05) is 11.7 Å². The highest BCUT2D eigenvalue weighted by Crippen LogP contribution is 2.17. The molecule has 1 N–H and O–H groups in total. The highest BCUT2D eigenvalue weighted by Gasteiger charge is 2.19. The van der Waals surface area contributed by atoms with E-state index in [0.717, 1.165) is 18.8 Å². The minimum atomic E-state index is 0.607. The van der Waals surface area contributed by atoms with Gasteiger partial charge in [0.2, 0.25) is 0 Å². The lowest BCUT2D eigenvalue weighted by Gasteiger charge is -2.11. The van der Waals surface area contributed by atoms with Gasteiger partial charge in [-0.05, 0) is 26.1 Å². The molecule has 1 aliphatic rings. The van der Waals surface area contributed by atoms with Crippen LogP contribution in [0.25, 0.3) is 10.9 Å². The molecule has 1 aromatic carbocycles. The number of nitrogens with one attached hydrogen (secondary N) is 1. The van der Waals surface area contributed by atoms with Crippen molar-refractivity contribution in [2.75, 3.05) is 20.1 Å². The predicted molar refractivity (Wildman–Crippen MR) is 73.5 cm³/mol. The van der Waals surface area contributed by atoms with Gasteiger partial charge in [0, 0.05) is 31.6 Å². The quantitative estimate of drug-likeness (QED) is 0.885. The molecule has 1 atom stereocenters. The van der Waals surface area contributed by atoms with Gasteiger partial charge < -0.3 is 10.2 Å². The van der Waals surface area contributed by atoms with E-state index in [1.54, 1.807) is 0 Å². The largest absolute Gasteiger partial charge is 0.307 e. The molecule has 1 fully saturated rings. The van der Waals surface area contributed by atoms with Gasteiger partial charge in [-0.25, -0.2) is 0 Å². The van der Waals surface area contributed by atoms with Crippen molar-refractivity contribution in [3.8, 4) is 0 Å². The van der Waals surface area contributed by atoms with Crippen molar-refractivity contribution < 1.29 is 0 Å². The molecule has 0 saturated carbocycles. The molecule has 0 amide bonds. The summed E-state index contributed by atoms with van der Waals surface area (Å²) in [6.07, 6.45) is 1.24. The molecule has 4 nitrogen and oxygen atoms in total. The lowest BCUT2D eigenvalue weighted by molar-refractivity contribution is 0.397. The third-order valence-electron chi connectivity index (χ3n) is 3.78. The Hall–Kier alpha value is -1.39. The van der Waals surface area contributed by atoms with Crippen LogP contribution in [0.4, 0.5) is 0 Å². The van der Waals surface area contributed by atoms with Gasteiger partial charge in [0.25, 0.3) is 0 Å². The van der Waals surface area contributed by atoms with E-state index in [9.17, 15) is 0 Å². The molecule has 2 heterocycles. The summed E-state index contributed by atoms with van der Waals surface area (Å²) < 4.78 is 1.97. The van der Waals surface area contributed by atoms with Gasteiger partial charge in [-0.2, -0.15) is 5.10 Å². The fourth-order valence-corrected chi connectivity index (χ4v) is 2.76. The van der Waals surface area contributed by atoms with E-state index in [2.05, 4.69) is 46.6 Å². The maximum atomic E-state index is 4.61. The summed E-state index contributed by atoms with van der Waals surface area (Å²) >= 11 is 0. The zero-order valence-electron chi connectivity index (χ0n) is 11.1. The second-order valence-corrected chi connectivity index (χ2v) is 5.22. The average Bonchev–Trinajstić information content (AvgIpc) is 2.92. The number of fused-ring (bicyclic) bond motifs is 1. The predicted octanol–water partition coefficient (Wildman–Crippen LogP) is 1.37. The number of likely N-dealkylation sites (tertiary alicyclic amines) is 1. The van der Waals surface area contributed by atoms with E-state index in [0.29, 0.717) is 6.04 Å². The summed E-state index contributed by atoms with van der Waals surface area (Å²) in [7, 11) is 4.19. The van der Waals surface area contributed by atoms with Crippen LogP contribution >= 0.6 is 0 Å². The zero-order valence-corrected chi connectivity index (χ0v) is 11.1. The topological polar surface area (TPSA) is 33.1 Å². The van der Waals surface area contributed by atoms with Crippen LogP contribution in [-0.4, -0.2) is 40.9 Å². The van der Waals surface area contributed by atoms with Gasteiger partial charge in [-0.3, -0.25) is 4.68 Å². The van der Waals surface area contributed by atoms with Crippen molar-refractivity contribution in [2.45, 2.75) is 19.0 Å². The van der Waals surface area contributed by atoms with Crippen molar-refractivity contribution >= 4 is 10.9 Å². The lowest BCUT2D eigenvalue weighted by atomic mass is 10.2. The van der Waals surface area contributed by atoms with Crippen LogP contribution in [0.2, 0.25) is 0 Å². The van der Waals surface area contributed by atoms with Gasteiger partial charge in [0.05, 0.1) is 11.2 Å². The maximum absolute atomic E-state index is 4.61. The summed E-state index contributed by atoms with van der Waals surface area (Å²) in [5.41, 5.74) is 2.36. The molecule has 2 aromatic rings. The Bertz CT molecular complexity index is 546. The van der Waals surface area contributed by atoms with Crippen LogP contribution in [0, 0.1) is 0 Å². The normalized spacial score (nSPS) is 20.9. The average molecular weight is 244 g/mol. The molecule has 3 rings (SSSR count). The molecule has 1 aromatic heterocycles. The van der Waals surface area contributed by atoms with Crippen LogP contribution in [-0.2, 0) is 13.6 Å². The molecule has 0 spiro atoms. The second kappa shape index (κ2) is 4.71. The first kappa shape index (κ1) is 11.7. The third kappa shape index (κ3) is 2.13. The zero-order chi connectivity index (χ0) is 12.5. The Morgan fingerprint density at radius 1 is 1.33 bits per heavy atom. The summed E-state index contributed by atoms with van der Waals surface area (Å²) in [5.74, 6) is 0.